The van der Waals surface area contributed by atoms with Crippen molar-refractivity contribution in [3.63, 3.8) is 0 Å². The fourth-order valence-corrected chi connectivity index (χ4v) is 9.82. The molecule has 3 aliphatic rings. The Morgan fingerprint density at radius 1 is 1.06 bits per heavy atom. The zero-order valence-electron chi connectivity index (χ0n) is 30.3. The number of nitrogens with zero attached hydrogens (tertiary/aromatic N) is 5. The number of carbonyl (C=O) groups excluding carboxylic acids is 1. The van der Waals surface area contributed by atoms with Crippen LogP contribution < -0.4 is 4.90 Å². The van der Waals surface area contributed by atoms with Crippen LogP contribution in [0.5, 0.6) is 0 Å². The van der Waals surface area contributed by atoms with Crippen molar-refractivity contribution in [2.45, 2.75) is 40.7 Å². The molecule has 4 heterocycles. The highest BCUT2D eigenvalue weighted by molar-refractivity contribution is 9.10. The van der Waals surface area contributed by atoms with Crippen molar-refractivity contribution in [2.75, 3.05) is 59.4 Å². The van der Waals surface area contributed by atoms with Crippen LogP contribution in [-0.4, -0.2) is 85.9 Å². The molecule has 0 amide bonds. The SMILES string of the molecule is CN(C)CCCN1c2ccccc2Sc2ccc(Cl)cc21.COC12CC(COC(=O)c3cncc(Br)c3)CN(C)C1Cc1cn(C)c3cccc2c13. The molecular weight excluding hydrogens is 758 g/mol. The van der Waals surface area contributed by atoms with Crippen molar-refractivity contribution in [1.82, 2.24) is 19.4 Å². The Morgan fingerprint density at radius 3 is 2.65 bits per heavy atom. The summed E-state index contributed by atoms with van der Waals surface area (Å²) < 4.78 is 15.0. The van der Waals surface area contributed by atoms with Crippen molar-refractivity contribution in [1.29, 1.82) is 0 Å². The fourth-order valence-electron chi connectivity index (χ4n) is 8.21. The molecular formula is C41H45BrClN5O3S. The number of esters is 1. The van der Waals surface area contributed by atoms with Crippen LogP contribution in [-0.2, 0) is 28.5 Å². The Morgan fingerprint density at radius 2 is 1.87 bits per heavy atom. The number of para-hydroxylation sites is 1. The minimum absolute atomic E-state index is 0.172. The number of likely N-dealkylation sites (tertiary alicyclic amines) is 1. The van der Waals surface area contributed by atoms with Crippen molar-refractivity contribution >= 4 is 67.5 Å². The topological polar surface area (TPSA) is 63.1 Å². The largest absolute Gasteiger partial charge is 0.462 e. The monoisotopic (exact) mass is 801 g/mol. The second kappa shape index (κ2) is 15.5. The van der Waals surface area contributed by atoms with Gasteiger partial charge in [0, 0.05) is 88.0 Å². The Labute approximate surface area is 324 Å². The molecule has 8 nitrogen and oxygen atoms in total. The molecule has 52 heavy (non-hydrogen) atoms. The van der Waals surface area contributed by atoms with Crippen LogP contribution in [0.25, 0.3) is 10.9 Å². The van der Waals surface area contributed by atoms with Crippen LogP contribution in [0.3, 0.4) is 0 Å². The summed E-state index contributed by atoms with van der Waals surface area (Å²) in [5.41, 5.74) is 6.41. The van der Waals surface area contributed by atoms with E-state index in [4.69, 9.17) is 21.1 Å². The van der Waals surface area contributed by atoms with Crippen LogP contribution in [0.15, 0.2) is 99.6 Å². The number of hydrogen-bond acceptors (Lipinski definition) is 8. The van der Waals surface area contributed by atoms with E-state index in [-0.39, 0.29) is 17.9 Å². The molecule has 0 saturated carbocycles. The minimum Gasteiger partial charge on any atom is -0.462 e. The summed E-state index contributed by atoms with van der Waals surface area (Å²) in [4.78, 5) is 26.2. The standard InChI is InChI=1S/C24H26BrN3O3.C17H19ClN2S/c1-27-13-17-8-21-24(30-3,19-5-4-6-20(27)22(17)19)9-15(12-28(21)2)14-31-23(29)16-7-18(25)11-26-10-16;1-19(2)10-5-11-20-14-6-3-4-7-16(14)21-17-9-8-13(18)12-15(17)20/h4-7,10-11,13,15,21H,8-9,12,14H2,1-3H3;3-4,6-9,12H,5,10-11H2,1-2H3. The molecule has 0 spiro atoms. The van der Waals surface area contributed by atoms with E-state index >= 15 is 0 Å². The molecule has 8 rings (SSSR count). The van der Waals surface area contributed by atoms with E-state index in [2.05, 4.69) is 129 Å². The van der Waals surface area contributed by atoms with Gasteiger partial charge in [-0.3, -0.25) is 9.88 Å². The molecule has 272 valence electrons. The Kier molecular flexibility index (Phi) is 11.0. The highest BCUT2D eigenvalue weighted by Gasteiger charge is 2.52. The number of anilines is 2. The number of aryl methyl sites for hydroxylation is 1. The summed E-state index contributed by atoms with van der Waals surface area (Å²) in [5, 5.41) is 2.11. The van der Waals surface area contributed by atoms with E-state index in [1.165, 1.54) is 49.4 Å². The number of ether oxygens (including phenoxy) is 2. The smallest absolute Gasteiger partial charge is 0.339 e. The van der Waals surface area contributed by atoms with Crippen molar-refractivity contribution in [2.24, 2.45) is 13.0 Å². The molecule has 11 heteroatoms. The number of piperidine rings is 1. The van der Waals surface area contributed by atoms with E-state index < -0.39 is 5.60 Å². The Balaban J connectivity index is 0.000000175. The van der Waals surface area contributed by atoms with Crippen molar-refractivity contribution < 1.29 is 14.3 Å². The average molecular weight is 803 g/mol. The highest BCUT2D eigenvalue weighted by atomic mass is 79.9. The quantitative estimate of drug-likeness (QED) is 0.144. The molecule has 0 bridgehead atoms. The van der Waals surface area contributed by atoms with Gasteiger partial charge >= 0.3 is 5.97 Å². The van der Waals surface area contributed by atoms with Gasteiger partial charge in [-0.05, 0) is 116 Å². The lowest BCUT2D eigenvalue weighted by molar-refractivity contribution is -0.131. The van der Waals surface area contributed by atoms with Gasteiger partial charge in [0.1, 0.15) is 5.60 Å². The molecule has 0 N–H and O–H groups in total. The molecule has 1 fully saturated rings. The van der Waals surface area contributed by atoms with Gasteiger partial charge in [-0.1, -0.05) is 47.6 Å². The van der Waals surface area contributed by atoms with Gasteiger partial charge < -0.3 is 23.8 Å². The number of carbonyl (C=O) groups is 1. The van der Waals surface area contributed by atoms with E-state index in [0.717, 1.165) is 48.4 Å². The summed E-state index contributed by atoms with van der Waals surface area (Å²) >= 11 is 11.4. The summed E-state index contributed by atoms with van der Waals surface area (Å²) in [5.74, 6) is -0.174. The highest BCUT2D eigenvalue weighted by Crippen LogP contribution is 2.50. The first-order valence-electron chi connectivity index (χ1n) is 17.7. The molecule has 5 aromatic rings. The van der Waals surface area contributed by atoms with E-state index in [0.29, 0.717) is 12.2 Å². The zero-order chi connectivity index (χ0) is 36.6. The maximum atomic E-state index is 12.5. The molecule has 1 saturated heterocycles. The van der Waals surface area contributed by atoms with Crippen molar-refractivity contribution in [3.8, 4) is 0 Å². The maximum Gasteiger partial charge on any atom is 0.339 e. The minimum atomic E-state index is -0.421. The molecule has 3 atom stereocenters. The van der Waals surface area contributed by atoms with Crippen LogP contribution in [0.2, 0.25) is 5.02 Å². The van der Waals surface area contributed by atoms with Gasteiger partial charge in [0.15, 0.2) is 0 Å². The second-order valence-electron chi connectivity index (χ2n) is 14.3. The lowest BCUT2D eigenvalue weighted by Gasteiger charge is -2.53. The molecule has 3 aromatic carbocycles. The first kappa shape index (κ1) is 37.0. The van der Waals surface area contributed by atoms with Gasteiger partial charge in [-0.15, -0.1) is 0 Å². The first-order valence-corrected chi connectivity index (χ1v) is 19.7. The number of halogens is 2. The number of pyridine rings is 1. The summed E-state index contributed by atoms with van der Waals surface area (Å²) in [6.07, 6.45) is 8.33. The summed E-state index contributed by atoms with van der Waals surface area (Å²) in [6, 6.07) is 23.2. The van der Waals surface area contributed by atoms with Crippen LogP contribution in [0, 0.1) is 5.92 Å². The fraction of sp³-hybridized carbons (Fsp3) is 0.366. The van der Waals surface area contributed by atoms with E-state index in [1.54, 1.807) is 12.3 Å². The Hall–Kier alpha value is -3.38. The number of methoxy groups -OCH3 is 1. The van der Waals surface area contributed by atoms with E-state index in [9.17, 15) is 4.79 Å². The second-order valence-corrected chi connectivity index (χ2v) is 16.7. The lowest BCUT2D eigenvalue weighted by atomic mass is 9.69. The van der Waals surface area contributed by atoms with Crippen molar-refractivity contribution in [3.05, 3.63) is 112 Å². The predicted octanol–water partition coefficient (Wildman–Crippen LogP) is 8.81. The number of hydrogen-bond donors (Lipinski definition) is 0. The normalized spacial score (nSPS) is 20.5. The molecule has 1 aliphatic carbocycles. The predicted molar refractivity (Wildman–Crippen MR) is 214 cm³/mol. The van der Waals surface area contributed by atoms with Gasteiger partial charge in [0.05, 0.1) is 23.5 Å². The molecule has 2 aromatic heterocycles. The Bertz CT molecular complexity index is 2090. The van der Waals surface area contributed by atoms with Crippen LogP contribution in [0.4, 0.5) is 11.4 Å². The number of aromatic nitrogens is 2. The summed E-state index contributed by atoms with van der Waals surface area (Å²) in [7, 11) is 10.3. The third-order valence-corrected chi connectivity index (χ3v) is 12.3. The lowest BCUT2D eigenvalue weighted by Crippen LogP contribution is -2.59. The zero-order valence-corrected chi connectivity index (χ0v) is 33.5. The number of rotatable bonds is 8. The van der Waals surface area contributed by atoms with E-state index in [1.807, 2.05) is 24.9 Å². The average Bonchev–Trinajstić information content (AvgIpc) is 3.46. The van der Waals surface area contributed by atoms with Crippen LogP contribution >= 0.6 is 39.3 Å². The number of benzene rings is 3. The number of fused-ring (bicyclic) bond motifs is 4. The van der Waals surface area contributed by atoms with Crippen LogP contribution in [0.1, 0.15) is 34.3 Å². The van der Waals surface area contributed by atoms with Gasteiger partial charge in [0.25, 0.3) is 0 Å². The molecule has 3 unspecified atom stereocenters. The summed E-state index contributed by atoms with van der Waals surface area (Å²) in [6.45, 7) is 3.30. The third kappa shape index (κ3) is 7.26. The maximum absolute atomic E-state index is 12.5. The molecule has 2 aliphatic heterocycles. The van der Waals surface area contributed by atoms with Gasteiger partial charge in [-0.2, -0.15) is 0 Å². The number of likely N-dealkylation sites (N-methyl/N-ethyl adjacent to an activating group) is 1. The third-order valence-electron chi connectivity index (χ3n) is 10.5. The molecule has 0 radical (unpaired) electrons. The van der Waals surface area contributed by atoms with Gasteiger partial charge in [-0.25, -0.2) is 4.79 Å². The van der Waals surface area contributed by atoms with Gasteiger partial charge in [0.2, 0.25) is 0 Å². The first-order chi connectivity index (χ1) is 25.1.